The number of methoxy groups -OCH3 is 1. The molecule has 0 rings (SSSR count). The van der Waals surface area contributed by atoms with Gasteiger partial charge in [-0.05, 0) is 5.41 Å². The summed E-state index contributed by atoms with van der Waals surface area (Å²) in [7, 11) is 1.27. The molecule has 0 spiro atoms. The van der Waals surface area contributed by atoms with E-state index in [0.29, 0.717) is 11.6 Å². The monoisotopic (exact) mass is 206 g/mol. The largest absolute Gasteiger partial charge is 0.452 e. The predicted molar refractivity (Wildman–Crippen MR) is 52.9 cm³/mol. The minimum Gasteiger partial charge on any atom is -0.452 e. The fourth-order valence-corrected chi connectivity index (χ4v) is 1.07. The van der Waals surface area contributed by atoms with E-state index in [-0.39, 0.29) is 5.41 Å². The SMILES string of the molecule is COC(=O)N/N=C(/Cl)CC(C)(C)C. The summed E-state index contributed by atoms with van der Waals surface area (Å²) in [6.07, 6.45) is -0.00879. The number of rotatable bonds is 2. The molecule has 0 radical (unpaired) electrons. The first-order chi connectivity index (χ1) is 5.85. The van der Waals surface area contributed by atoms with Gasteiger partial charge in [0.1, 0.15) is 5.17 Å². The van der Waals surface area contributed by atoms with Crippen molar-refractivity contribution in [1.82, 2.24) is 5.43 Å². The zero-order valence-corrected chi connectivity index (χ0v) is 9.10. The lowest BCUT2D eigenvalue weighted by molar-refractivity contribution is 0.171. The Morgan fingerprint density at radius 1 is 1.54 bits per heavy atom. The fraction of sp³-hybridized carbons (Fsp3) is 0.750. The van der Waals surface area contributed by atoms with Crippen LogP contribution >= 0.6 is 11.6 Å². The maximum Gasteiger partial charge on any atom is 0.427 e. The summed E-state index contributed by atoms with van der Waals surface area (Å²) in [5.74, 6) is 0. The number of nitrogens with one attached hydrogen (secondary N) is 1. The molecule has 0 aromatic heterocycles. The van der Waals surface area contributed by atoms with Crippen molar-refractivity contribution < 1.29 is 9.53 Å². The summed E-state index contributed by atoms with van der Waals surface area (Å²) in [4.78, 5) is 10.6. The highest BCUT2D eigenvalue weighted by Gasteiger charge is 2.13. The number of amides is 1. The average molecular weight is 207 g/mol. The van der Waals surface area contributed by atoms with E-state index in [4.69, 9.17) is 11.6 Å². The average Bonchev–Trinajstić information content (AvgIpc) is 1.97. The highest BCUT2D eigenvalue weighted by molar-refractivity contribution is 6.65. The van der Waals surface area contributed by atoms with Gasteiger partial charge in [-0.2, -0.15) is 5.10 Å². The molecule has 0 bridgehead atoms. The Labute approximate surface area is 83.3 Å². The van der Waals surface area contributed by atoms with Crippen LogP contribution in [0, 0.1) is 5.41 Å². The number of nitrogens with zero attached hydrogens (tertiary/aromatic N) is 1. The molecule has 1 N–H and O–H groups in total. The van der Waals surface area contributed by atoms with Crippen LogP contribution in [0.15, 0.2) is 5.10 Å². The summed E-state index contributed by atoms with van der Waals surface area (Å²) in [6, 6.07) is 0. The summed E-state index contributed by atoms with van der Waals surface area (Å²) in [5.41, 5.74) is 2.20. The minimum atomic E-state index is -0.618. The molecule has 0 aliphatic rings. The molecular formula is C8H15ClN2O2. The predicted octanol–water partition coefficient (Wildman–Crippen LogP) is 2.33. The van der Waals surface area contributed by atoms with Crippen LogP contribution in [0.5, 0.6) is 0 Å². The van der Waals surface area contributed by atoms with Gasteiger partial charge < -0.3 is 4.74 Å². The van der Waals surface area contributed by atoms with Crippen LogP contribution in [-0.4, -0.2) is 18.4 Å². The van der Waals surface area contributed by atoms with Gasteiger partial charge in [0.15, 0.2) is 0 Å². The first-order valence-corrected chi connectivity index (χ1v) is 4.29. The molecule has 0 atom stereocenters. The maximum atomic E-state index is 10.6. The smallest absolute Gasteiger partial charge is 0.427 e. The standard InChI is InChI=1S/C8H15ClN2O2/c1-8(2,3)5-6(9)10-11-7(12)13-4/h5H2,1-4H3,(H,11,12)/b10-6+. The van der Waals surface area contributed by atoms with Gasteiger partial charge in [-0.1, -0.05) is 32.4 Å². The molecule has 0 aromatic rings. The molecule has 1 amide bonds. The number of hydrazone groups is 1. The quantitative estimate of drug-likeness (QED) is 0.557. The number of hydrogen-bond donors (Lipinski definition) is 1. The molecule has 0 unspecified atom stereocenters. The molecule has 0 fully saturated rings. The third kappa shape index (κ3) is 7.59. The van der Waals surface area contributed by atoms with E-state index < -0.39 is 6.09 Å². The van der Waals surface area contributed by atoms with E-state index >= 15 is 0 Å². The number of halogens is 1. The van der Waals surface area contributed by atoms with Crippen LogP contribution in [0.2, 0.25) is 0 Å². The van der Waals surface area contributed by atoms with Gasteiger partial charge >= 0.3 is 6.09 Å². The van der Waals surface area contributed by atoms with Crippen LogP contribution in [-0.2, 0) is 4.74 Å². The molecule has 0 saturated heterocycles. The van der Waals surface area contributed by atoms with Gasteiger partial charge in [-0.25, -0.2) is 10.2 Å². The summed E-state index contributed by atoms with van der Waals surface area (Å²) in [6.45, 7) is 6.09. The van der Waals surface area contributed by atoms with Crippen molar-refractivity contribution in [2.75, 3.05) is 7.11 Å². The van der Waals surface area contributed by atoms with Crippen molar-refractivity contribution in [1.29, 1.82) is 0 Å². The fourth-order valence-electron chi connectivity index (χ4n) is 0.629. The van der Waals surface area contributed by atoms with E-state index in [9.17, 15) is 4.79 Å². The van der Waals surface area contributed by atoms with Crippen molar-refractivity contribution in [2.24, 2.45) is 10.5 Å². The summed E-state index contributed by atoms with van der Waals surface area (Å²) >= 11 is 5.75. The van der Waals surface area contributed by atoms with Gasteiger partial charge in [-0.3, -0.25) is 0 Å². The Bertz CT molecular complexity index is 209. The van der Waals surface area contributed by atoms with Crippen molar-refractivity contribution in [2.45, 2.75) is 27.2 Å². The van der Waals surface area contributed by atoms with Crippen molar-refractivity contribution in [3.63, 3.8) is 0 Å². The van der Waals surface area contributed by atoms with Gasteiger partial charge in [0.2, 0.25) is 0 Å². The third-order valence-electron chi connectivity index (χ3n) is 1.13. The normalized spacial score (nSPS) is 12.5. The van der Waals surface area contributed by atoms with E-state index in [1.54, 1.807) is 0 Å². The molecule has 0 saturated carbocycles. The van der Waals surface area contributed by atoms with Crippen molar-refractivity contribution in [3.05, 3.63) is 0 Å². The van der Waals surface area contributed by atoms with Crippen LogP contribution in [0.4, 0.5) is 4.79 Å². The van der Waals surface area contributed by atoms with Gasteiger partial charge in [0, 0.05) is 6.42 Å². The zero-order chi connectivity index (χ0) is 10.5. The highest BCUT2D eigenvalue weighted by Crippen LogP contribution is 2.20. The Hall–Kier alpha value is -0.770. The van der Waals surface area contributed by atoms with E-state index in [2.05, 4.69) is 15.3 Å². The Morgan fingerprint density at radius 3 is 2.46 bits per heavy atom. The highest BCUT2D eigenvalue weighted by atomic mass is 35.5. The molecule has 0 aromatic carbocycles. The van der Waals surface area contributed by atoms with E-state index in [1.165, 1.54) is 7.11 Å². The van der Waals surface area contributed by atoms with Crippen molar-refractivity contribution >= 4 is 22.9 Å². The summed E-state index contributed by atoms with van der Waals surface area (Å²) in [5, 5.41) is 4.00. The van der Waals surface area contributed by atoms with Crippen LogP contribution in [0.3, 0.4) is 0 Å². The summed E-state index contributed by atoms with van der Waals surface area (Å²) < 4.78 is 4.31. The number of ether oxygens (including phenoxy) is 1. The minimum absolute atomic E-state index is 0.0540. The first-order valence-electron chi connectivity index (χ1n) is 3.91. The lowest BCUT2D eigenvalue weighted by Crippen LogP contribution is -2.19. The number of carbonyl (C=O) groups excluding carboxylic acids is 1. The second kappa shape index (κ2) is 5.07. The molecule has 13 heavy (non-hydrogen) atoms. The Kier molecular flexibility index (Phi) is 4.77. The van der Waals surface area contributed by atoms with Gasteiger partial charge in [0.05, 0.1) is 7.11 Å². The Morgan fingerprint density at radius 2 is 2.08 bits per heavy atom. The van der Waals surface area contributed by atoms with E-state index in [1.807, 2.05) is 20.8 Å². The van der Waals surface area contributed by atoms with Gasteiger partial charge in [-0.15, -0.1) is 0 Å². The first kappa shape index (κ1) is 12.2. The molecule has 76 valence electrons. The maximum absolute atomic E-state index is 10.6. The Balaban J connectivity index is 3.96. The van der Waals surface area contributed by atoms with E-state index in [0.717, 1.165) is 0 Å². The van der Waals surface area contributed by atoms with Crippen LogP contribution in [0.1, 0.15) is 27.2 Å². The lowest BCUT2D eigenvalue weighted by Gasteiger charge is -2.15. The molecule has 0 aliphatic heterocycles. The van der Waals surface area contributed by atoms with Gasteiger partial charge in [0.25, 0.3) is 0 Å². The third-order valence-corrected chi connectivity index (χ3v) is 1.35. The molecule has 0 heterocycles. The molecular weight excluding hydrogens is 192 g/mol. The number of carbonyl (C=O) groups is 1. The second-order valence-corrected chi connectivity index (χ2v) is 4.27. The second-order valence-electron chi connectivity index (χ2n) is 3.83. The lowest BCUT2D eigenvalue weighted by atomic mass is 9.93. The molecule has 0 aliphatic carbocycles. The van der Waals surface area contributed by atoms with Crippen molar-refractivity contribution in [3.8, 4) is 0 Å². The van der Waals surface area contributed by atoms with Crippen LogP contribution in [0.25, 0.3) is 0 Å². The van der Waals surface area contributed by atoms with Crippen LogP contribution < -0.4 is 5.43 Å². The zero-order valence-electron chi connectivity index (χ0n) is 8.35. The molecule has 4 nitrogen and oxygen atoms in total. The molecule has 5 heteroatoms. The topological polar surface area (TPSA) is 50.7 Å². The number of hydrogen-bond acceptors (Lipinski definition) is 3.